The van der Waals surface area contributed by atoms with Crippen LogP contribution >= 0.6 is 0 Å². The number of hydrogen-bond donors (Lipinski definition) is 0. The number of amides is 2. The van der Waals surface area contributed by atoms with E-state index in [0.717, 1.165) is 48.2 Å². The summed E-state index contributed by atoms with van der Waals surface area (Å²) in [5.74, 6) is -0.921. The van der Waals surface area contributed by atoms with Gasteiger partial charge in [0.1, 0.15) is 11.5 Å². The molecule has 0 unspecified atom stereocenters. The molecule has 0 atom stereocenters. The molecule has 0 spiro atoms. The maximum Gasteiger partial charge on any atom is 0.278 e. The highest BCUT2D eigenvalue weighted by Gasteiger charge is 2.42. The zero-order valence-electron chi connectivity index (χ0n) is 19.2. The van der Waals surface area contributed by atoms with Gasteiger partial charge in [-0.1, -0.05) is 30.3 Å². The van der Waals surface area contributed by atoms with E-state index < -0.39 is 0 Å². The van der Waals surface area contributed by atoms with E-state index >= 15 is 0 Å². The van der Waals surface area contributed by atoms with E-state index in [2.05, 4.69) is 11.9 Å². The van der Waals surface area contributed by atoms with Gasteiger partial charge < -0.3 is 9.80 Å². The fraction of sp³-hybridized carbons (Fsp3) is 0.385. The molecule has 2 amide bonds. The number of imide groups is 1. The van der Waals surface area contributed by atoms with E-state index in [0.29, 0.717) is 11.3 Å². The zero-order chi connectivity index (χ0) is 23.0. The molecule has 0 aromatic heterocycles. The Labute approximate surface area is 189 Å². The molecule has 32 heavy (non-hydrogen) atoms. The van der Waals surface area contributed by atoms with Gasteiger partial charge in [-0.15, -0.1) is 0 Å². The Morgan fingerprint density at radius 2 is 1.62 bits per heavy atom. The standard InChI is InChI=1S/C26H30FN3O2/c1-17-5-8-20(15-18(17)2)23-24(29(4)22-11-13-28(3)14-12-22)26(32)30(25(23)31)16-19-6-9-21(27)10-7-19/h5-10,15,22H,11-14,16H2,1-4H3. The number of likely N-dealkylation sites (tertiary alicyclic amines) is 1. The van der Waals surface area contributed by atoms with Crippen molar-refractivity contribution in [1.82, 2.24) is 14.7 Å². The SMILES string of the molecule is Cc1ccc(C2=C(N(C)C3CCN(C)CC3)C(=O)N(Cc3ccc(F)cc3)C2=O)cc1C. The molecule has 2 aliphatic rings. The van der Waals surface area contributed by atoms with E-state index in [4.69, 9.17) is 0 Å². The number of likely N-dealkylation sites (N-methyl/N-ethyl adjacent to an activating group) is 1. The van der Waals surface area contributed by atoms with Crippen molar-refractivity contribution in [2.75, 3.05) is 27.2 Å². The topological polar surface area (TPSA) is 43.9 Å². The molecule has 0 saturated carbocycles. The lowest BCUT2D eigenvalue weighted by molar-refractivity contribution is -0.138. The summed E-state index contributed by atoms with van der Waals surface area (Å²) >= 11 is 0. The Morgan fingerprint density at radius 1 is 0.969 bits per heavy atom. The molecule has 2 aromatic carbocycles. The summed E-state index contributed by atoms with van der Waals surface area (Å²) in [6.07, 6.45) is 1.88. The fourth-order valence-corrected chi connectivity index (χ4v) is 4.53. The lowest BCUT2D eigenvalue weighted by Gasteiger charge is -2.36. The van der Waals surface area contributed by atoms with Gasteiger partial charge in [-0.2, -0.15) is 0 Å². The monoisotopic (exact) mass is 435 g/mol. The van der Waals surface area contributed by atoms with Crippen LogP contribution in [0.5, 0.6) is 0 Å². The second-order valence-corrected chi connectivity index (χ2v) is 8.99. The van der Waals surface area contributed by atoms with Crippen LogP contribution in [0.4, 0.5) is 4.39 Å². The van der Waals surface area contributed by atoms with Crippen LogP contribution in [-0.4, -0.2) is 59.7 Å². The van der Waals surface area contributed by atoms with E-state index in [9.17, 15) is 14.0 Å². The van der Waals surface area contributed by atoms with Gasteiger partial charge in [-0.05, 0) is 81.2 Å². The zero-order valence-corrected chi connectivity index (χ0v) is 19.2. The predicted octanol–water partition coefficient (Wildman–Crippen LogP) is 3.75. The summed E-state index contributed by atoms with van der Waals surface area (Å²) in [7, 11) is 4.03. The van der Waals surface area contributed by atoms with Crippen molar-refractivity contribution in [1.29, 1.82) is 0 Å². The number of carbonyl (C=O) groups is 2. The Hall–Kier alpha value is -2.99. The van der Waals surface area contributed by atoms with Crippen molar-refractivity contribution in [3.8, 4) is 0 Å². The average Bonchev–Trinajstić information content (AvgIpc) is 3.02. The maximum atomic E-state index is 13.6. The van der Waals surface area contributed by atoms with Crippen molar-refractivity contribution in [2.45, 2.75) is 39.3 Å². The van der Waals surface area contributed by atoms with Crippen molar-refractivity contribution in [3.63, 3.8) is 0 Å². The molecule has 0 radical (unpaired) electrons. The third-order valence-corrected chi connectivity index (χ3v) is 6.78. The minimum Gasteiger partial charge on any atom is -0.366 e. The van der Waals surface area contributed by atoms with Crippen LogP contribution < -0.4 is 0 Å². The van der Waals surface area contributed by atoms with Gasteiger partial charge >= 0.3 is 0 Å². The number of hydrogen-bond acceptors (Lipinski definition) is 4. The van der Waals surface area contributed by atoms with Crippen molar-refractivity contribution in [3.05, 3.63) is 76.2 Å². The molecule has 0 N–H and O–H groups in total. The lowest BCUT2D eigenvalue weighted by Crippen LogP contribution is -2.43. The summed E-state index contributed by atoms with van der Waals surface area (Å²) < 4.78 is 13.3. The Kier molecular flexibility index (Phi) is 6.15. The summed E-state index contributed by atoms with van der Waals surface area (Å²) in [5.41, 5.74) is 4.63. The third-order valence-electron chi connectivity index (χ3n) is 6.78. The molecule has 0 aliphatic carbocycles. The van der Waals surface area contributed by atoms with Crippen LogP contribution in [0, 0.1) is 19.7 Å². The summed E-state index contributed by atoms with van der Waals surface area (Å²) in [6, 6.07) is 12.0. The second kappa shape index (κ2) is 8.87. The Balaban J connectivity index is 1.73. The van der Waals surface area contributed by atoms with Crippen LogP contribution in [0.25, 0.3) is 5.57 Å². The van der Waals surface area contributed by atoms with Crippen molar-refractivity contribution >= 4 is 17.4 Å². The summed E-state index contributed by atoms with van der Waals surface area (Å²) in [5, 5.41) is 0. The highest BCUT2D eigenvalue weighted by molar-refractivity contribution is 6.35. The van der Waals surface area contributed by atoms with Crippen LogP contribution in [0.15, 0.2) is 48.2 Å². The highest BCUT2D eigenvalue weighted by atomic mass is 19.1. The quantitative estimate of drug-likeness (QED) is 0.671. The second-order valence-electron chi connectivity index (χ2n) is 8.99. The van der Waals surface area contributed by atoms with E-state index in [1.807, 2.05) is 44.0 Å². The number of rotatable bonds is 5. The number of aryl methyl sites for hydroxylation is 2. The minimum atomic E-state index is -0.343. The van der Waals surface area contributed by atoms with Crippen molar-refractivity contribution in [2.24, 2.45) is 0 Å². The fourth-order valence-electron chi connectivity index (χ4n) is 4.53. The highest BCUT2D eigenvalue weighted by Crippen LogP contribution is 2.35. The normalized spacial score (nSPS) is 18.1. The van der Waals surface area contributed by atoms with E-state index in [-0.39, 0.29) is 30.2 Å². The molecule has 5 nitrogen and oxygen atoms in total. The van der Waals surface area contributed by atoms with Crippen LogP contribution in [0.1, 0.15) is 35.1 Å². The molecule has 4 rings (SSSR count). The molecule has 0 bridgehead atoms. The first-order chi connectivity index (χ1) is 15.3. The van der Waals surface area contributed by atoms with Gasteiger partial charge in [-0.3, -0.25) is 14.5 Å². The van der Waals surface area contributed by atoms with Gasteiger partial charge in [0.25, 0.3) is 11.8 Å². The first kappa shape index (κ1) is 22.2. The van der Waals surface area contributed by atoms with Gasteiger partial charge in [0.15, 0.2) is 0 Å². The van der Waals surface area contributed by atoms with Gasteiger partial charge in [0, 0.05) is 13.1 Å². The number of piperidine rings is 1. The largest absolute Gasteiger partial charge is 0.366 e. The van der Waals surface area contributed by atoms with Gasteiger partial charge in [0.2, 0.25) is 0 Å². The molecule has 2 heterocycles. The lowest BCUT2D eigenvalue weighted by atomic mass is 9.97. The summed E-state index contributed by atoms with van der Waals surface area (Å²) in [6.45, 7) is 6.08. The van der Waals surface area contributed by atoms with Crippen LogP contribution in [0.3, 0.4) is 0 Å². The Bertz CT molecular complexity index is 1070. The predicted molar refractivity (Wildman–Crippen MR) is 123 cm³/mol. The van der Waals surface area contributed by atoms with Gasteiger partial charge in [-0.25, -0.2) is 4.39 Å². The molecular formula is C26H30FN3O2. The smallest absolute Gasteiger partial charge is 0.278 e. The summed E-state index contributed by atoms with van der Waals surface area (Å²) in [4.78, 5) is 32.8. The molecular weight excluding hydrogens is 405 g/mol. The first-order valence-electron chi connectivity index (χ1n) is 11.1. The molecule has 168 valence electrons. The number of halogens is 1. The number of carbonyl (C=O) groups excluding carboxylic acids is 2. The molecule has 1 fully saturated rings. The molecule has 2 aliphatic heterocycles. The molecule has 1 saturated heterocycles. The third kappa shape index (κ3) is 4.19. The van der Waals surface area contributed by atoms with Crippen molar-refractivity contribution < 1.29 is 14.0 Å². The number of benzene rings is 2. The van der Waals surface area contributed by atoms with E-state index in [1.165, 1.54) is 17.0 Å². The van der Waals surface area contributed by atoms with Crippen LogP contribution in [0.2, 0.25) is 0 Å². The number of nitrogens with zero attached hydrogens (tertiary/aromatic N) is 3. The molecule has 6 heteroatoms. The Morgan fingerprint density at radius 3 is 2.25 bits per heavy atom. The minimum absolute atomic E-state index is 0.122. The first-order valence-corrected chi connectivity index (χ1v) is 11.1. The molecule has 2 aromatic rings. The van der Waals surface area contributed by atoms with E-state index in [1.54, 1.807) is 12.1 Å². The average molecular weight is 436 g/mol. The maximum absolute atomic E-state index is 13.6. The van der Waals surface area contributed by atoms with Gasteiger partial charge in [0.05, 0.1) is 12.1 Å². The van der Waals surface area contributed by atoms with Crippen LogP contribution in [-0.2, 0) is 16.1 Å².